The zero-order chi connectivity index (χ0) is 18.3. The molecule has 0 amide bonds. The van der Waals surface area contributed by atoms with Gasteiger partial charge in [0.2, 0.25) is 0 Å². The zero-order valence-corrected chi connectivity index (χ0v) is 14.2. The highest BCUT2D eigenvalue weighted by atomic mass is 35.5. The van der Waals surface area contributed by atoms with Gasteiger partial charge in [-0.25, -0.2) is 4.79 Å². The van der Waals surface area contributed by atoms with Gasteiger partial charge in [0, 0.05) is 11.8 Å². The maximum Gasteiger partial charge on any atom is 0.325 e. The Bertz CT molecular complexity index is 1100. The molecule has 2 heterocycles. The number of aromatic nitrogens is 4. The number of nitrogens with zero attached hydrogens (tertiary/aromatic N) is 2. The van der Waals surface area contributed by atoms with Crippen molar-refractivity contribution in [3.05, 3.63) is 79.2 Å². The van der Waals surface area contributed by atoms with Crippen molar-refractivity contribution in [3.63, 3.8) is 0 Å². The smallest absolute Gasteiger partial charge is 0.313 e. The summed E-state index contributed by atoms with van der Waals surface area (Å²) < 4.78 is 0. The number of H-pyrrole nitrogens is 2. The van der Waals surface area contributed by atoms with Gasteiger partial charge in [-0.1, -0.05) is 35.9 Å². The van der Waals surface area contributed by atoms with Gasteiger partial charge in [0.25, 0.3) is 5.56 Å². The van der Waals surface area contributed by atoms with E-state index in [4.69, 9.17) is 11.6 Å². The second-order valence-corrected chi connectivity index (χ2v) is 6.55. The molecule has 130 valence electrons. The highest BCUT2D eigenvalue weighted by molar-refractivity contribution is 6.30. The number of aldehydes is 1. The molecule has 4 rings (SSSR count). The molecule has 1 saturated carbocycles. The van der Waals surface area contributed by atoms with Crippen molar-refractivity contribution < 1.29 is 4.79 Å². The lowest BCUT2D eigenvalue weighted by Gasteiger charge is -2.06. The largest absolute Gasteiger partial charge is 0.325 e. The maximum atomic E-state index is 12.0. The summed E-state index contributed by atoms with van der Waals surface area (Å²) >= 11 is 6.22. The van der Waals surface area contributed by atoms with Gasteiger partial charge >= 0.3 is 5.69 Å². The predicted octanol–water partition coefficient (Wildman–Crippen LogP) is 2.26. The van der Waals surface area contributed by atoms with Crippen LogP contribution in [-0.2, 0) is 0 Å². The van der Waals surface area contributed by atoms with E-state index < -0.39 is 11.2 Å². The molecule has 1 aromatic carbocycles. The van der Waals surface area contributed by atoms with E-state index in [1.165, 1.54) is 6.20 Å². The van der Waals surface area contributed by atoms with Gasteiger partial charge in [-0.3, -0.25) is 14.6 Å². The lowest BCUT2D eigenvalue weighted by Crippen LogP contribution is -2.23. The quantitative estimate of drug-likeness (QED) is 0.686. The van der Waals surface area contributed by atoms with Gasteiger partial charge < -0.3 is 4.98 Å². The average molecular weight is 369 g/mol. The molecule has 0 radical (unpaired) electrons. The number of hydrogen-bond acceptors (Lipinski definition) is 5. The van der Waals surface area contributed by atoms with Crippen molar-refractivity contribution >= 4 is 17.9 Å². The molecular weight excluding hydrogens is 356 g/mol. The van der Waals surface area contributed by atoms with E-state index in [1.54, 1.807) is 18.2 Å². The molecule has 0 spiro atoms. The molecule has 0 aliphatic heterocycles. The first-order valence-electron chi connectivity index (χ1n) is 7.97. The third-order valence-electron chi connectivity index (χ3n) is 4.56. The Morgan fingerprint density at radius 2 is 1.88 bits per heavy atom. The van der Waals surface area contributed by atoms with Crippen molar-refractivity contribution in [2.45, 2.75) is 18.3 Å². The van der Waals surface area contributed by atoms with Crippen molar-refractivity contribution in [1.82, 2.24) is 20.2 Å². The summed E-state index contributed by atoms with van der Waals surface area (Å²) in [6, 6.07) is 9.18. The van der Waals surface area contributed by atoms with Crippen LogP contribution in [-0.4, -0.2) is 26.5 Å². The first kappa shape index (κ1) is 16.4. The predicted molar refractivity (Wildman–Crippen MR) is 95.6 cm³/mol. The summed E-state index contributed by atoms with van der Waals surface area (Å²) in [5.41, 5.74) is 2.03. The molecule has 2 aromatic heterocycles. The first-order chi connectivity index (χ1) is 12.6. The Morgan fingerprint density at radius 3 is 2.58 bits per heavy atom. The molecular formula is C18H13ClN4O3. The van der Waals surface area contributed by atoms with Crippen LogP contribution in [0.15, 0.2) is 46.1 Å². The Kier molecular flexibility index (Phi) is 4.00. The highest BCUT2D eigenvalue weighted by Crippen LogP contribution is 2.56. The van der Waals surface area contributed by atoms with Crippen molar-refractivity contribution in [1.29, 1.82) is 0 Å². The van der Waals surface area contributed by atoms with Crippen molar-refractivity contribution in [2.24, 2.45) is 0 Å². The van der Waals surface area contributed by atoms with Crippen LogP contribution in [0.1, 0.15) is 39.7 Å². The number of rotatable bonds is 4. The Labute approximate surface area is 152 Å². The third kappa shape index (κ3) is 2.97. The third-order valence-corrected chi connectivity index (χ3v) is 4.86. The Morgan fingerprint density at radius 1 is 1.12 bits per heavy atom. The molecule has 7 nitrogen and oxygen atoms in total. The van der Waals surface area contributed by atoms with Crippen LogP contribution in [0.4, 0.5) is 0 Å². The minimum absolute atomic E-state index is 0.167. The number of halogens is 1. The number of hydrogen-bond donors (Lipinski definition) is 2. The normalized spacial score (nSPS) is 18.5. The average Bonchev–Trinajstić information content (AvgIpc) is 3.43. The zero-order valence-electron chi connectivity index (χ0n) is 13.4. The van der Waals surface area contributed by atoms with Crippen LogP contribution in [0.25, 0.3) is 11.3 Å². The van der Waals surface area contributed by atoms with Gasteiger partial charge in [0.1, 0.15) is 12.0 Å². The minimum atomic E-state index is -0.582. The van der Waals surface area contributed by atoms with E-state index in [0.29, 0.717) is 16.4 Å². The molecule has 8 heteroatoms. The molecule has 0 bridgehead atoms. The van der Waals surface area contributed by atoms with E-state index in [2.05, 4.69) is 20.2 Å². The fourth-order valence-electron chi connectivity index (χ4n) is 3.11. The van der Waals surface area contributed by atoms with E-state index in [0.717, 1.165) is 23.8 Å². The summed E-state index contributed by atoms with van der Waals surface area (Å²) in [5, 5.41) is 8.23. The Hall–Kier alpha value is -3.06. The molecule has 1 aliphatic rings. The molecule has 1 fully saturated rings. The summed E-state index contributed by atoms with van der Waals surface area (Å²) in [6.45, 7) is 0. The first-order valence-corrected chi connectivity index (χ1v) is 8.35. The van der Waals surface area contributed by atoms with Crippen LogP contribution in [0.5, 0.6) is 0 Å². The fourth-order valence-corrected chi connectivity index (χ4v) is 3.34. The second kappa shape index (κ2) is 6.34. The molecule has 3 aromatic rings. The molecule has 26 heavy (non-hydrogen) atoms. The van der Waals surface area contributed by atoms with E-state index in [9.17, 15) is 14.4 Å². The lowest BCUT2D eigenvalue weighted by atomic mass is 10.0. The summed E-state index contributed by atoms with van der Waals surface area (Å²) in [5.74, 6) is 0.444. The number of aromatic amines is 2. The van der Waals surface area contributed by atoms with Crippen LogP contribution in [0, 0.1) is 0 Å². The van der Waals surface area contributed by atoms with Gasteiger partial charge in [-0.05, 0) is 35.4 Å². The molecule has 2 atom stereocenters. The van der Waals surface area contributed by atoms with E-state index >= 15 is 0 Å². The standard InChI is InChI=1S/C18H13ClN4O3/c19-16-13(12-5-11(12)10-3-1-9(8-24)2-4-10)6-15(22-23-16)14-7-20-18(26)21-17(14)25/h1-4,6-8,11-12H,5H2,(H2,20,21,25,26)/t11-,12?/m1/s1. The molecule has 1 aliphatic carbocycles. The second-order valence-electron chi connectivity index (χ2n) is 6.19. The summed E-state index contributed by atoms with van der Waals surface area (Å²) in [6.07, 6.45) is 3.02. The highest BCUT2D eigenvalue weighted by Gasteiger charge is 2.41. The van der Waals surface area contributed by atoms with Crippen molar-refractivity contribution in [2.75, 3.05) is 0 Å². The minimum Gasteiger partial charge on any atom is -0.313 e. The molecule has 2 N–H and O–H groups in total. The van der Waals surface area contributed by atoms with Gasteiger partial charge in [-0.2, -0.15) is 0 Å². The van der Waals surface area contributed by atoms with E-state index in [1.807, 2.05) is 12.1 Å². The van der Waals surface area contributed by atoms with Gasteiger partial charge in [0.15, 0.2) is 5.15 Å². The summed E-state index contributed by atoms with van der Waals surface area (Å²) in [4.78, 5) is 38.5. The van der Waals surface area contributed by atoms with Gasteiger partial charge in [-0.15, -0.1) is 10.2 Å². The van der Waals surface area contributed by atoms with Crippen molar-refractivity contribution in [3.8, 4) is 11.3 Å². The SMILES string of the molecule is O=Cc1ccc([C@H]2CC2c2cc(-c3c[nH]c(=O)[nH]c3=O)nnc2Cl)cc1. The molecule has 1 unspecified atom stereocenters. The number of carbonyl (C=O) groups excluding carboxylic acids is 1. The van der Waals surface area contributed by atoms with Gasteiger partial charge in [0.05, 0.1) is 5.56 Å². The molecule has 0 saturated heterocycles. The maximum absolute atomic E-state index is 12.0. The number of benzene rings is 1. The van der Waals surface area contributed by atoms with E-state index in [-0.39, 0.29) is 17.4 Å². The monoisotopic (exact) mass is 368 g/mol. The number of nitrogens with one attached hydrogen (secondary N) is 2. The Balaban J connectivity index is 1.66. The van der Waals surface area contributed by atoms with Crippen LogP contribution < -0.4 is 11.2 Å². The van der Waals surface area contributed by atoms with Crippen LogP contribution in [0.3, 0.4) is 0 Å². The lowest BCUT2D eigenvalue weighted by molar-refractivity contribution is 0.112. The fraction of sp³-hybridized carbons (Fsp3) is 0.167. The van der Waals surface area contributed by atoms with Crippen LogP contribution in [0.2, 0.25) is 5.15 Å². The van der Waals surface area contributed by atoms with Crippen LogP contribution >= 0.6 is 11.6 Å². The topological polar surface area (TPSA) is 109 Å². The number of carbonyl (C=O) groups is 1. The summed E-state index contributed by atoms with van der Waals surface area (Å²) in [7, 11) is 0.